The highest BCUT2D eigenvalue weighted by atomic mass is 16.5. The van der Waals surface area contributed by atoms with Crippen molar-refractivity contribution in [2.75, 3.05) is 39.4 Å². The van der Waals surface area contributed by atoms with Gasteiger partial charge in [-0.05, 0) is 25.3 Å². The Bertz CT molecular complexity index is 463. The molecule has 22 heavy (non-hydrogen) atoms. The van der Waals surface area contributed by atoms with Crippen LogP contribution in [0.2, 0.25) is 0 Å². The van der Waals surface area contributed by atoms with E-state index >= 15 is 0 Å². The van der Waals surface area contributed by atoms with Gasteiger partial charge in [-0.3, -0.25) is 14.4 Å². The van der Waals surface area contributed by atoms with E-state index in [-0.39, 0.29) is 11.9 Å². The Morgan fingerprint density at radius 3 is 2.59 bits per heavy atom. The first-order chi connectivity index (χ1) is 10.8. The molecule has 122 valence electrons. The van der Waals surface area contributed by atoms with Gasteiger partial charge in [0.2, 0.25) is 5.91 Å². The molecule has 1 amide bonds. The molecule has 0 spiro atoms. The SMILES string of the molecule is CC[C@H](C(=O)N1CCN(C2CCOCC2)CC1)n1cccn1. The van der Waals surface area contributed by atoms with Gasteiger partial charge >= 0.3 is 0 Å². The van der Waals surface area contributed by atoms with Gasteiger partial charge in [0, 0.05) is 57.8 Å². The number of carbonyl (C=O) groups is 1. The highest BCUT2D eigenvalue weighted by Crippen LogP contribution is 2.19. The van der Waals surface area contributed by atoms with Crippen LogP contribution < -0.4 is 0 Å². The molecule has 0 aromatic carbocycles. The molecule has 6 heteroatoms. The first-order valence-electron chi connectivity index (χ1n) is 8.39. The minimum Gasteiger partial charge on any atom is -0.381 e. The number of nitrogens with zero attached hydrogens (tertiary/aromatic N) is 4. The second kappa shape index (κ2) is 7.24. The Labute approximate surface area is 132 Å². The zero-order valence-electron chi connectivity index (χ0n) is 13.4. The summed E-state index contributed by atoms with van der Waals surface area (Å²) in [6, 6.07) is 2.35. The standard InChI is InChI=1S/C16H26N4O2/c1-2-15(20-7-3-6-17-20)16(21)19-10-8-18(9-11-19)14-4-12-22-13-5-14/h3,6-7,14-15H,2,4-5,8-13H2,1H3/t15-/m1/s1. The van der Waals surface area contributed by atoms with E-state index < -0.39 is 0 Å². The molecule has 0 saturated carbocycles. The smallest absolute Gasteiger partial charge is 0.247 e. The average molecular weight is 306 g/mol. The third-order valence-electron chi connectivity index (χ3n) is 4.85. The molecular weight excluding hydrogens is 280 g/mol. The Balaban J connectivity index is 1.55. The van der Waals surface area contributed by atoms with Crippen molar-refractivity contribution < 1.29 is 9.53 Å². The summed E-state index contributed by atoms with van der Waals surface area (Å²) in [6.45, 7) is 7.41. The molecule has 0 bridgehead atoms. The molecule has 2 fully saturated rings. The highest BCUT2D eigenvalue weighted by Gasteiger charge is 2.30. The topological polar surface area (TPSA) is 50.6 Å². The molecule has 0 unspecified atom stereocenters. The lowest BCUT2D eigenvalue weighted by Gasteiger charge is -2.41. The lowest BCUT2D eigenvalue weighted by atomic mass is 10.1. The van der Waals surface area contributed by atoms with Crippen molar-refractivity contribution >= 4 is 5.91 Å². The van der Waals surface area contributed by atoms with Gasteiger partial charge in [0.15, 0.2) is 0 Å². The Kier molecular flexibility index (Phi) is 5.10. The van der Waals surface area contributed by atoms with E-state index in [1.54, 1.807) is 10.9 Å². The molecule has 2 aliphatic heterocycles. The van der Waals surface area contributed by atoms with E-state index in [2.05, 4.69) is 10.00 Å². The number of ether oxygens (including phenoxy) is 1. The van der Waals surface area contributed by atoms with E-state index in [0.29, 0.717) is 6.04 Å². The molecule has 1 aromatic heterocycles. The fourth-order valence-corrected chi connectivity index (χ4v) is 3.51. The van der Waals surface area contributed by atoms with Gasteiger partial charge < -0.3 is 9.64 Å². The van der Waals surface area contributed by atoms with E-state index in [4.69, 9.17) is 4.74 Å². The summed E-state index contributed by atoms with van der Waals surface area (Å²) in [6.07, 6.45) is 6.64. The van der Waals surface area contributed by atoms with Crippen LogP contribution >= 0.6 is 0 Å². The molecule has 1 aromatic rings. The fourth-order valence-electron chi connectivity index (χ4n) is 3.51. The molecule has 3 heterocycles. The minimum absolute atomic E-state index is 0.162. The summed E-state index contributed by atoms with van der Waals surface area (Å²) < 4.78 is 7.22. The van der Waals surface area contributed by atoms with Crippen LogP contribution in [0.3, 0.4) is 0 Å². The molecule has 0 radical (unpaired) electrons. The van der Waals surface area contributed by atoms with Gasteiger partial charge in [-0.15, -0.1) is 0 Å². The van der Waals surface area contributed by atoms with E-state index in [9.17, 15) is 4.79 Å². The number of hydrogen-bond acceptors (Lipinski definition) is 4. The van der Waals surface area contributed by atoms with Crippen LogP contribution in [0, 0.1) is 0 Å². The third kappa shape index (κ3) is 3.33. The molecule has 2 saturated heterocycles. The van der Waals surface area contributed by atoms with Crippen LogP contribution in [0.15, 0.2) is 18.5 Å². The molecule has 3 rings (SSSR count). The molecule has 6 nitrogen and oxygen atoms in total. The van der Waals surface area contributed by atoms with Gasteiger partial charge in [0.05, 0.1) is 0 Å². The summed E-state index contributed by atoms with van der Waals surface area (Å²) in [5.74, 6) is 0.206. The van der Waals surface area contributed by atoms with Gasteiger partial charge in [-0.1, -0.05) is 6.92 Å². The summed E-state index contributed by atoms with van der Waals surface area (Å²) in [5.41, 5.74) is 0. The van der Waals surface area contributed by atoms with Crippen molar-refractivity contribution in [3.8, 4) is 0 Å². The molecule has 0 N–H and O–H groups in total. The summed E-state index contributed by atoms with van der Waals surface area (Å²) in [4.78, 5) is 17.3. The second-order valence-electron chi connectivity index (χ2n) is 6.11. The molecule has 2 aliphatic rings. The van der Waals surface area contributed by atoms with Crippen LogP contribution in [0.1, 0.15) is 32.2 Å². The summed E-state index contributed by atoms with van der Waals surface area (Å²) in [7, 11) is 0. The number of amides is 1. The average Bonchev–Trinajstić information content (AvgIpc) is 3.11. The number of piperazine rings is 1. The van der Waals surface area contributed by atoms with Gasteiger partial charge in [-0.25, -0.2) is 0 Å². The van der Waals surface area contributed by atoms with E-state index in [1.165, 1.54) is 0 Å². The number of aromatic nitrogens is 2. The highest BCUT2D eigenvalue weighted by molar-refractivity contribution is 5.80. The van der Waals surface area contributed by atoms with E-state index in [0.717, 1.165) is 58.7 Å². The van der Waals surface area contributed by atoms with E-state index in [1.807, 2.05) is 24.1 Å². The Morgan fingerprint density at radius 1 is 1.27 bits per heavy atom. The van der Waals surface area contributed by atoms with Crippen LogP contribution in [0.4, 0.5) is 0 Å². The molecule has 0 aliphatic carbocycles. The van der Waals surface area contributed by atoms with Crippen molar-refractivity contribution in [2.45, 2.75) is 38.3 Å². The summed E-state index contributed by atoms with van der Waals surface area (Å²) in [5, 5.41) is 4.24. The maximum Gasteiger partial charge on any atom is 0.247 e. The van der Waals surface area contributed by atoms with Gasteiger partial charge in [-0.2, -0.15) is 5.10 Å². The van der Waals surface area contributed by atoms with Gasteiger partial charge in [0.25, 0.3) is 0 Å². The predicted molar refractivity (Wildman–Crippen MR) is 83.5 cm³/mol. The Hall–Kier alpha value is -1.40. The zero-order chi connectivity index (χ0) is 15.4. The first kappa shape index (κ1) is 15.5. The number of carbonyl (C=O) groups excluding carboxylic acids is 1. The van der Waals surface area contributed by atoms with Crippen molar-refractivity contribution in [2.24, 2.45) is 0 Å². The summed E-state index contributed by atoms with van der Waals surface area (Å²) >= 11 is 0. The largest absolute Gasteiger partial charge is 0.381 e. The van der Waals surface area contributed by atoms with Crippen LogP contribution in [0.25, 0.3) is 0 Å². The van der Waals surface area contributed by atoms with Crippen LogP contribution in [-0.2, 0) is 9.53 Å². The zero-order valence-corrected chi connectivity index (χ0v) is 13.4. The predicted octanol–water partition coefficient (Wildman–Crippen LogP) is 1.16. The third-order valence-corrected chi connectivity index (χ3v) is 4.85. The maximum atomic E-state index is 12.7. The number of hydrogen-bond donors (Lipinski definition) is 0. The van der Waals surface area contributed by atoms with Crippen molar-refractivity contribution in [1.82, 2.24) is 19.6 Å². The lowest BCUT2D eigenvalue weighted by Crippen LogP contribution is -2.54. The fraction of sp³-hybridized carbons (Fsp3) is 0.750. The van der Waals surface area contributed by atoms with Crippen LogP contribution in [0.5, 0.6) is 0 Å². The van der Waals surface area contributed by atoms with Crippen molar-refractivity contribution in [3.05, 3.63) is 18.5 Å². The number of rotatable bonds is 4. The Morgan fingerprint density at radius 2 is 2.00 bits per heavy atom. The first-order valence-corrected chi connectivity index (χ1v) is 8.39. The van der Waals surface area contributed by atoms with Crippen molar-refractivity contribution in [3.63, 3.8) is 0 Å². The minimum atomic E-state index is -0.162. The molecular formula is C16H26N4O2. The monoisotopic (exact) mass is 306 g/mol. The maximum absolute atomic E-state index is 12.7. The molecule has 1 atom stereocenters. The lowest BCUT2D eigenvalue weighted by molar-refractivity contribution is -0.137. The quantitative estimate of drug-likeness (QED) is 0.837. The van der Waals surface area contributed by atoms with Crippen molar-refractivity contribution in [1.29, 1.82) is 0 Å². The van der Waals surface area contributed by atoms with Crippen LogP contribution in [-0.4, -0.2) is 70.9 Å². The normalized spacial score (nSPS) is 22.7. The second-order valence-corrected chi connectivity index (χ2v) is 6.11. The van der Waals surface area contributed by atoms with Gasteiger partial charge in [0.1, 0.15) is 6.04 Å².